The summed E-state index contributed by atoms with van der Waals surface area (Å²) in [5.74, 6) is 1.69. The fourth-order valence-electron chi connectivity index (χ4n) is 4.07. The molecule has 38 heavy (non-hydrogen) atoms. The second-order valence-corrected chi connectivity index (χ2v) is 9.35. The van der Waals surface area contributed by atoms with Crippen LogP contribution in [0.2, 0.25) is 0 Å². The van der Waals surface area contributed by atoms with Gasteiger partial charge in [0.2, 0.25) is 11.9 Å². The van der Waals surface area contributed by atoms with Gasteiger partial charge in [-0.05, 0) is 36.6 Å². The van der Waals surface area contributed by atoms with Crippen molar-refractivity contribution in [3.8, 4) is 0 Å². The summed E-state index contributed by atoms with van der Waals surface area (Å²) in [5.41, 5.74) is 0.654. The summed E-state index contributed by atoms with van der Waals surface area (Å²) >= 11 is 0. The van der Waals surface area contributed by atoms with Gasteiger partial charge in [-0.2, -0.15) is 33.2 Å². The largest absolute Gasteiger partial charge is 0.416 e. The van der Waals surface area contributed by atoms with Crippen molar-refractivity contribution >= 4 is 29.9 Å². The van der Waals surface area contributed by atoms with Gasteiger partial charge in [-0.1, -0.05) is 18.2 Å². The number of anilines is 3. The Morgan fingerprint density at radius 3 is 2.66 bits per heavy atom. The summed E-state index contributed by atoms with van der Waals surface area (Å²) in [7, 11) is 0. The summed E-state index contributed by atoms with van der Waals surface area (Å²) in [4.78, 5) is 15.3. The van der Waals surface area contributed by atoms with Crippen molar-refractivity contribution in [3.63, 3.8) is 0 Å². The molecule has 10 nitrogen and oxygen atoms in total. The zero-order chi connectivity index (χ0) is 26.5. The lowest BCUT2D eigenvalue weighted by atomic mass is 10.1. The zero-order valence-electron chi connectivity index (χ0n) is 20.6. The van der Waals surface area contributed by atoms with Gasteiger partial charge >= 0.3 is 6.18 Å². The van der Waals surface area contributed by atoms with Crippen LogP contribution < -0.4 is 10.6 Å². The molecule has 2 aliphatic rings. The van der Waals surface area contributed by atoms with E-state index in [1.807, 2.05) is 6.07 Å². The molecule has 0 radical (unpaired) electrons. The summed E-state index contributed by atoms with van der Waals surface area (Å²) in [5, 5.41) is 23.9. The topological polar surface area (TPSA) is 124 Å². The Bertz CT molecular complexity index is 1260. The molecule has 3 heterocycles. The quantitative estimate of drug-likeness (QED) is 0.312. The maximum absolute atomic E-state index is 13.1. The van der Waals surface area contributed by atoms with Crippen LogP contribution in [0.5, 0.6) is 0 Å². The van der Waals surface area contributed by atoms with Crippen LogP contribution in [0.15, 0.2) is 30.3 Å². The molecular weight excluding hydrogens is 501 g/mol. The van der Waals surface area contributed by atoms with Crippen molar-refractivity contribution < 1.29 is 23.0 Å². The Kier molecular flexibility index (Phi) is 7.86. The number of rotatable bonds is 10. The number of nitrogens with one attached hydrogen (secondary N) is 3. The molecule has 1 aromatic carbocycles. The van der Waals surface area contributed by atoms with Gasteiger partial charge in [-0.15, -0.1) is 0 Å². The third-order valence-electron chi connectivity index (χ3n) is 6.21. The van der Waals surface area contributed by atoms with Gasteiger partial charge in [0.15, 0.2) is 11.6 Å². The molecule has 0 bridgehead atoms. The summed E-state index contributed by atoms with van der Waals surface area (Å²) < 4.78 is 44.6. The van der Waals surface area contributed by atoms with Crippen LogP contribution in [-0.2, 0) is 10.9 Å². The highest BCUT2D eigenvalue weighted by Crippen LogP contribution is 2.39. The van der Waals surface area contributed by atoms with E-state index in [-0.39, 0.29) is 24.3 Å². The first kappa shape index (κ1) is 26.1. The molecule has 3 aromatic rings. The smallest absolute Gasteiger partial charge is 0.390 e. The number of alkyl halides is 3. The Hall–Kier alpha value is -3.55. The van der Waals surface area contributed by atoms with Crippen LogP contribution >= 0.6 is 0 Å². The zero-order valence-corrected chi connectivity index (χ0v) is 20.6. The van der Waals surface area contributed by atoms with Gasteiger partial charge in [0.1, 0.15) is 0 Å². The molecule has 1 atom stereocenters. The molecule has 1 unspecified atom stereocenters. The average molecular weight is 531 g/mol. The van der Waals surface area contributed by atoms with E-state index in [0.717, 1.165) is 43.8 Å². The van der Waals surface area contributed by atoms with Crippen molar-refractivity contribution in [2.75, 3.05) is 50.0 Å². The van der Waals surface area contributed by atoms with Crippen molar-refractivity contribution in [2.24, 2.45) is 0 Å². The molecule has 1 saturated heterocycles. The van der Waals surface area contributed by atoms with Gasteiger partial charge in [-0.25, -0.2) is 0 Å². The molecule has 2 fully saturated rings. The first-order valence-corrected chi connectivity index (χ1v) is 12.5. The molecule has 13 heteroatoms. The lowest BCUT2D eigenvalue weighted by Crippen LogP contribution is -2.42. The number of morpholine rings is 1. The average Bonchev–Trinajstić information content (AvgIpc) is 3.65. The number of hydrogen-bond donors (Lipinski definition) is 4. The van der Waals surface area contributed by atoms with Crippen LogP contribution in [0.3, 0.4) is 0 Å². The van der Waals surface area contributed by atoms with E-state index in [0.29, 0.717) is 37.1 Å². The van der Waals surface area contributed by atoms with Crippen LogP contribution in [0, 0.1) is 0 Å². The highest BCUT2D eigenvalue weighted by molar-refractivity contribution is 5.68. The van der Waals surface area contributed by atoms with Gasteiger partial charge in [0.25, 0.3) is 0 Å². The predicted octanol–water partition coefficient (Wildman–Crippen LogP) is 3.51. The van der Waals surface area contributed by atoms with E-state index >= 15 is 0 Å². The fraction of sp³-hybridized carbons (Fsp3) is 0.440. The normalized spacial score (nSPS) is 17.6. The van der Waals surface area contributed by atoms with Gasteiger partial charge in [0.05, 0.1) is 24.9 Å². The number of hydrogen-bond acceptors (Lipinski definition) is 9. The molecule has 0 spiro atoms. The predicted molar refractivity (Wildman–Crippen MR) is 136 cm³/mol. The maximum atomic E-state index is 13.1. The lowest BCUT2D eigenvalue weighted by molar-refractivity contribution is -0.137. The Labute approximate surface area is 217 Å². The first-order chi connectivity index (χ1) is 18.3. The van der Waals surface area contributed by atoms with E-state index in [9.17, 15) is 18.3 Å². The van der Waals surface area contributed by atoms with Crippen molar-refractivity contribution in [1.82, 2.24) is 30.0 Å². The highest BCUT2D eigenvalue weighted by atomic mass is 19.4. The standard InChI is InChI=1S/C25H29F3N8O2/c26-25(27,28)18-3-1-2-16(12-18)4-7-21-30-23(29-14-19(37)15-36-8-10-38-11-9-36)33-24(31-21)32-22-13-20(34-35-22)17-5-6-17/h1-4,7,12-13,17,19,37H,5-6,8-11,14-15H2,(H3,29,30,31,32,33,34,35)/b7-4+. The highest BCUT2D eigenvalue weighted by Gasteiger charge is 2.30. The number of benzene rings is 1. The van der Waals surface area contributed by atoms with Gasteiger partial charge in [0, 0.05) is 43.9 Å². The minimum atomic E-state index is -4.43. The Balaban J connectivity index is 1.32. The lowest BCUT2D eigenvalue weighted by Gasteiger charge is -2.28. The van der Waals surface area contributed by atoms with Crippen LogP contribution in [0.4, 0.5) is 30.9 Å². The molecule has 1 saturated carbocycles. The number of aliphatic hydroxyl groups excluding tert-OH is 1. The van der Waals surface area contributed by atoms with Crippen molar-refractivity contribution in [3.05, 3.63) is 53.0 Å². The molecule has 202 valence electrons. The van der Waals surface area contributed by atoms with Gasteiger partial charge < -0.3 is 20.5 Å². The number of nitrogens with zero attached hydrogens (tertiary/aromatic N) is 5. The number of aromatic amines is 1. The van der Waals surface area contributed by atoms with Crippen molar-refractivity contribution in [1.29, 1.82) is 0 Å². The van der Waals surface area contributed by atoms with Crippen LogP contribution in [0.1, 0.15) is 41.4 Å². The summed E-state index contributed by atoms with van der Waals surface area (Å²) in [6.07, 6.45) is 0.161. The van der Waals surface area contributed by atoms with Crippen LogP contribution in [-0.4, -0.2) is 80.7 Å². The molecule has 1 aliphatic carbocycles. The molecule has 5 rings (SSSR count). The molecule has 4 N–H and O–H groups in total. The number of aliphatic hydroxyl groups is 1. The van der Waals surface area contributed by atoms with E-state index in [2.05, 4.69) is 40.7 Å². The third-order valence-corrected chi connectivity index (χ3v) is 6.21. The molecular formula is C25H29F3N8O2. The Morgan fingerprint density at radius 2 is 1.89 bits per heavy atom. The number of aromatic nitrogens is 5. The SMILES string of the molecule is OC(CNc1nc(/C=C/c2cccc(C(F)(F)F)c2)nc(Nc2cc(C3CC3)[nH]n2)n1)CN1CCOCC1. The molecule has 0 amide bonds. The number of ether oxygens (including phenoxy) is 1. The number of halogens is 3. The summed E-state index contributed by atoms with van der Waals surface area (Å²) in [6.45, 7) is 3.47. The first-order valence-electron chi connectivity index (χ1n) is 12.5. The van der Waals surface area contributed by atoms with Crippen molar-refractivity contribution in [2.45, 2.75) is 31.0 Å². The minimum Gasteiger partial charge on any atom is -0.390 e. The third kappa shape index (κ3) is 7.27. The second-order valence-electron chi connectivity index (χ2n) is 9.35. The van der Waals surface area contributed by atoms with E-state index < -0.39 is 17.8 Å². The molecule has 1 aliphatic heterocycles. The number of H-pyrrole nitrogens is 1. The van der Waals surface area contributed by atoms with Gasteiger partial charge in [-0.3, -0.25) is 10.00 Å². The number of β-amino-alcohol motifs (C(OH)–C–C–N with tert-alkyl or cyclic N) is 1. The maximum Gasteiger partial charge on any atom is 0.416 e. The van der Waals surface area contributed by atoms with E-state index in [4.69, 9.17) is 4.74 Å². The fourth-order valence-corrected chi connectivity index (χ4v) is 4.07. The molecule has 2 aromatic heterocycles. The minimum absolute atomic E-state index is 0.200. The second kappa shape index (κ2) is 11.5. The van der Waals surface area contributed by atoms with Crippen LogP contribution in [0.25, 0.3) is 12.2 Å². The monoisotopic (exact) mass is 530 g/mol. The van der Waals surface area contributed by atoms with E-state index in [1.165, 1.54) is 18.2 Å². The Morgan fingerprint density at radius 1 is 1.11 bits per heavy atom. The summed E-state index contributed by atoms with van der Waals surface area (Å²) in [6, 6.07) is 6.89. The van der Waals surface area contributed by atoms with E-state index in [1.54, 1.807) is 6.07 Å².